The molecule has 1 aromatic heterocycles. The Morgan fingerprint density at radius 2 is 2.06 bits per heavy atom. The fourth-order valence-electron chi connectivity index (χ4n) is 2.05. The van der Waals surface area contributed by atoms with E-state index in [4.69, 9.17) is 9.84 Å². The molecule has 0 aromatic carbocycles. The first-order chi connectivity index (χ1) is 8.07. The molecule has 0 aliphatic heterocycles. The summed E-state index contributed by atoms with van der Waals surface area (Å²) in [6.07, 6.45) is 3.22. The Morgan fingerprint density at radius 1 is 1.35 bits per heavy atom. The van der Waals surface area contributed by atoms with Crippen molar-refractivity contribution in [3.63, 3.8) is 0 Å². The van der Waals surface area contributed by atoms with Gasteiger partial charge in [-0.1, -0.05) is 0 Å². The summed E-state index contributed by atoms with van der Waals surface area (Å²) in [5, 5.41) is 9.02. The number of unbranched alkanes of at least 4 members (excludes halogenated alkanes) is 2. The van der Waals surface area contributed by atoms with Gasteiger partial charge in [-0.05, 0) is 39.2 Å². The zero-order valence-electron chi connectivity index (χ0n) is 10.8. The van der Waals surface area contributed by atoms with Crippen LogP contribution in [0.25, 0.3) is 0 Å². The van der Waals surface area contributed by atoms with E-state index in [0.29, 0.717) is 5.56 Å². The van der Waals surface area contributed by atoms with Crippen LogP contribution in [0.4, 0.5) is 0 Å². The second-order valence-electron chi connectivity index (χ2n) is 4.30. The minimum absolute atomic E-state index is 0.416. The third-order valence-electron chi connectivity index (χ3n) is 3.03. The van der Waals surface area contributed by atoms with E-state index in [9.17, 15) is 4.79 Å². The maximum atomic E-state index is 11.0. The van der Waals surface area contributed by atoms with Crippen LogP contribution < -0.4 is 0 Å². The molecule has 96 valence electrons. The van der Waals surface area contributed by atoms with E-state index in [2.05, 4.69) is 4.57 Å². The Bertz CT molecular complexity index is 382. The summed E-state index contributed by atoms with van der Waals surface area (Å²) in [5.41, 5.74) is 2.28. The minimum Gasteiger partial charge on any atom is -0.478 e. The Kier molecular flexibility index (Phi) is 5.22. The first kappa shape index (κ1) is 13.8. The topological polar surface area (TPSA) is 51.5 Å². The molecule has 0 spiro atoms. The quantitative estimate of drug-likeness (QED) is 0.744. The van der Waals surface area contributed by atoms with E-state index in [1.165, 1.54) is 0 Å². The average Bonchev–Trinajstić information content (AvgIpc) is 2.56. The number of aryl methyl sites for hydroxylation is 1. The van der Waals surface area contributed by atoms with E-state index >= 15 is 0 Å². The van der Waals surface area contributed by atoms with Crippen molar-refractivity contribution < 1.29 is 14.6 Å². The Balaban J connectivity index is 2.56. The van der Waals surface area contributed by atoms with Crippen LogP contribution in [0.2, 0.25) is 0 Å². The summed E-state index contributed by atoms with van der Waals surface area (Å²) in [6.45, 7) is 5.50. The van der Waals surface area contributed by atoms with E-state index in [1.54, 1.807) is 13.2 Å². The summed E-state index contributed by atoms with van der Waals surface area (Å²) >= 11 is 0. The van der Waals surface area contributed by atoms with Crippen molar-refractivity contribution in [3.8, 4) is 0 Å². The van der Waals surface area contributed by atoms with Crippen molar-refractivity contribution in [2.75, 3.05) is 13.7 Å². The third kappa shape index (κ3) is 3.60. The number of carbonyl (C=O) groups is 1. The molecule has 4 nitrogen and oxygen atoms in total. The highest BCUT2D eigenvalue weighted by atomic mass is 16.5. The van der Waals surface area contributed by atoms with Gasteiger partial charge >= 0.3 is 5.97 Å². The molecule has 0 fully saturated rings. The van der Waals surface area contributed by atoms with Crippen LogP contribution in [0.3, 0.4) is 0 Å². The van der Waals surface area contributed by atoms with Gasteiger partial charge in [0.15, 0.2) is 0 Å². The maximum Gasteiger partial charge on any atom is 0.337 e. The normalized spacial score (nSPS) is 10.8. The highest BCUT2D eigenvalue weighted by Gasteiger charge is 2.13. The standard InChI is InChI=1S/C13H21NO3/c1-10-9-12(13(15)16)11(2)14(10)7-5-4-6-8-17-3/h9H,4-8H2,1-3H3,(H,15,16). The maximum absolute atomic E-state index is 11.0. The lowest BCUT2D eigenvalue weighted by Gasteiger charge is -2.09. The number of carboxylic acids is 1. The lowest BCUT2D eigenvalue weighted by Crippen LogP contribution is -2.05. The largest absolute Gasteiger partial charge is 0.478 e. The molecule has 0 unspecified atom stereocenters. The van der Waals surface area contributed by atoms with Crippen LogP contribution >= 0.6 is 0 Å². The molecular formula is C13H21NO3. The number of aromatic carboxylic acids is 1. The summed E-state index contributed by atoms with van der Waals surface area (Å²) < 4.78 is 7.07. The van der Waals surface area contributed by atoms with Crippen LogP contribution in [-0.4, -0.2) is 29.4 Å². The SMILES string of the molecule is COCCCCCn1c(C)cc(C(=O)O)c1C. The summed E-state index contributed by atoms with van der Waals surface area (Å²) in [6, 6.07) is 1.74. The molecule has 17 heavy (non-hydrogen) atoms. The zero-order chi connectivity index (χ0) is 12.8. The van der Waals surface area contributed by atoms with Crippen molar-refractivity contribution in [1.82, 2.24) is 4.57 Å². The van der Waals surface area contributed by atoms with Gasteiger partial charge in [-0.25, -0.2) is 4.79 Å². The van der Waals surface area contributed by atoms with Gasteiger partial charge in [0, 0.05) is 31.6 Å². The van der Waals surface area contributed by atoms with E-state index in [0.717, 1.165) is 43.8 Å². The van der Waals surface area contributed by atoms with E-state index < -0.39 is 5.97 Å². The van der Waals surface area contributed by atoms with Gasteiger partial charge < -0.3 is 14.4 Å². The van der Waals surface area contributed by atoms with Crippen molar-refractivity contribution >= 4 is 5.97 Å². The smallest absolute Gasteiger partial charge is 0.337 e. The molecule has 0 radical (unpaired) electrons. The molecule has 4 heteroatoms. The van der Waals surface area contributed by atoms with Gasteiger partial charge in [0.25, 0.3) is 0 Å². The molecule has 0 saturated heterocycles. The summed E-state index contributed by atoms with van der Waals surface area (Å²) in [4.78, 5) is 11.0. The summed E-state index contributed by atoms with van der Waals surface area (Å²) in [5.74, 6) is -0.844. The zero-order valence-corrected chi connectivity index (χ0v) is 10.8. The Morgan fingerprint density at radius 3 is 2.59 bits per heavy atom. The molecule has 0 amide bonds. The van der Waals surface area contributed by atoms with Gasteiger partial charge in [0.2, 0.25) is 0 Å². The van der Waals surface area contributed by atoms with Gasteiger partial charge in [0.1, 0.15) is 0 Å². The second kappa shape index (κ2) is 6.45. The Hall–Kier alpha value is -1.29. The van der Waals surface area contributed by atoms with Gasteiger partial charge in [-0.2, -0.15) is 0 Å². The molecule has 0 saturated carbocycles. The first-order valence-corrected chi connectivity index (χ1v) is 5.97. The van der Waals surface area contributed by atoms with E-state index in [1.807, 2.05) is 13.8 Å². The first-order valence-electron chi connectivity index (χ1n) is 5.97. The molecule has 0 aliphatic carbocycles. The van der Waals surface area contributed by atoms with Gasteiger partial charge in [0.05, 0.1) is 5.56 Å². The molecule has 1 N–H and O–H groups in total. The number of rotatable bonds is 7. The summed E-state index contributed by atoms with van der Waals surface area (Å²) in [7, 11) is 1.71. The molecule has 1 rings (SSSR count). The van der Waals surface area contributed by atoms with Crippen molar-refractivity contribution in [2.24, 2.45) is 0 Å². The average molecular weight is 239 g/mol. The van der Waals surface area contributed by atoms with Crippen LogP contribution in [0.1, 0.15) is 41.0 Å². The predicted octanol–water partition coefficient (Wildman–Crippen LogP) is 2.62. The molecule has 0 bridgehead atoms. The molecule has 1 heterocycles. The molecule has 0 atom stereocenters. The fourth-order valence-corrected chi connectivity index (χ4v) is 2.05. The van der Waals surface area contributed by atoms with Gasteiger partial charge in [-0.3, -0.25) is 0 Å². The third-order valence-corrected chi connectivity index (χ3v) is 3.03. The molecular weight excluding hydrogens is 218 g/mol. The number of hydrogen-bond donors (Lipinski definition) is 1. The number of hydrogen-bond acceptors (Lipinski definition) is 2. The number of aromatic nitrogens is 1. The number of methoxy groups -OCH3 is 1. The molecule has 1 aromatic rings. The second-order valence-corrected chi connectivity index (χ2v) is 4.30. The number of ether oxygens (including phenoxy) is 1. The van der Waals surface area contributed by atoms with Crippen LogP contribution in [-0.2, 0) is 11.3 Å². The Labute approximate surface area is 102 Å². The monoisotopic (exact) mass is 239 g/mol. The fraction of sp³-hybridized carbons (Fsp3) is 0.615. The van der Waals surface area contributed by atoms with Crippen LogP contribution in [0.5, 0.6) is 0 Å². The number of carboxylic acid groups (broad SMARTS) is 1. The lowest BCUT2D eigenvalue weighted by atomic mass is 10.2. The highest BCUT2D eigenvalue weighted by molar-refractivity contribution is 5.89. The molecule has 0 aliphatic rings. The van der Waals surface area contributed by atoms with E-state index in [-0.39, 0.29) is 0 Å². The van der Waals surface area contributed by atoms with Crippen LogP contribution in [0.15, 0.2) is 6.07 Å². The van der Waals surface area contributed by atoms with Crippen molar-refractivity contribution in [1.29, 1.82) is 0 Å². The lowest BCUT2D eigenvalue weighted by molar-refractivity contribution is 0.0696. The van der Waals surface area contributed by atoms with Gasteiger partial charge in [-0.15, -0.1) is 0 Å². The van der Waals surface area contributed by atoms with Crippen LogP contribution in [0, 0.1) is 13.8 Å². The number of nitrogens with zero attached hydrogens (tertiary/aromatic N) is 1. The minimum atomic E-state index is -0.844. The van der Waals surface area contributed by atoms with Crippen molar-refractivity contribution in [2.45, 2.75) is 39.7 Å². The van der Waals surface area contributed by atoms with Crippen molar-refractivity contribution in [3.05, 3.63) is 23.0 Å². The predicted molar refractivity (Wildman–Crippen MR) is 66.6 cm³/mol. The highest BCUT2D eigenvalue weighted by Crippen LogP contribution is 2.16.